The van der Waals surface area contributed by atoms with E-state index in [9.17, 15) is 0 Å². The molecule has 1 N–H and O–H groups in total. The van der Waals surface area contributed by atoms with Gasteiger partial charge in [0.2, 0.25) is 0 Å². The maximum absolute atomic E-state index is 3.55. The molecule has 0 saturated carbocycles. The molecule has 0 amide bonds. The van der Waals surface area contributed by atoms with Gasteiger partial charge < -0.3 is 5.32 Å². The zero-order chi connectivity index (χ0) is 10.8. The number of nitrogens with one attached hydrogen (secondary N) is 1. The van der Waals surface area contributed by atoms with Crippen molar-refractivity contribution in [3.8, 4) is 0 Å². The van der Waals surface area contributed by atoms with Crippen LogP contribution in [0.5, 0.6) is 0 Å². The van der Waals surface area contributed by atoms with Gasteiger partial charge in [0.15, 0.2) is 0 Å². The summed E-state index contributed by atoms with van der Waals surface area (Å²) in [5.74, 6) is 0. The van der Waals surface area contributed by atoms with Crippen LogP contribution in [0.15, 0.2) is 15.9 Å². The van der Waals surface area contributed by atoms with E-state index in [0.717, 1.165) is 19.6 Å². The number of thiophene rings is 1. The Morgan fingerprint density at radius 1 is 1.38 bits per heavy atom. The average Bonchev–Trinajstić information content (AvgIpc) is 2.49. The molecule has 92 valence electrons. The molecule has 1 aliphatic rings. The minimum Gasteiger partial charge on any atom is -0.309 e. The predicted octanol–water partition coefficient (Wildman–Crippen LogP) is 3.11. The summed E-state index contributed by atoms with van der Waals surface area (Å²) in [6.45, 7) is 7.91. The molecule has 1 saturated heterocycles. The maximum atomic E-state index is 3.55. The first-order valence-corrected chi connectivity index (χ1v) is 6.97. The fourth-order valence-corrected chi connectivity index (χ4v) is 3.75. The molecule has 0 aromatic carbocycles. The molecule has 2 atom stereocenters. The summed E-state index contributed by atoms with van der Waals surface area (Å²) in [6, 6.07) is 5.57. The quantitative estimate of drug-likeness (QED) is 0.899. The Hall–Kier alpha value is 0.390. The first-order valence-electron chi connectivity index (χ1n) is 5.36. The van der Waals surface area contributed by atoms with Crippen LogP contribution in [0.2, 0.25) is 0 Å². The van der Waals surface area contributed by atoms with Crippen LogP contribution in [0.25, 0.3) is 0 Å². The summed E-state index contributed by atoms with van der Waals surface area (Å²) < 4.78 is 1.23. The van der Waals surface area contributed by atoms with Crippen molar-refractivity contribution in [1.29, 1.82) is 0 Å². The number of halogens is 2. The minimum atomic E-state index is 0. The van der Waals surface area contributed by atoms with Crippen molar-refractivity contribution >= 4 is 39.7 Å². The van der Waals surface area contributed by atoms with Crippen LogP contribution >= 0.6 is 39.7 Å². The second-order valence-corrected chi connectivity index (χ2v) is 6.92. The van der Waals surface area contributed by atoms with E-state index in [1.54, 1.807) is 0 Å². The molecule has 0 radical (unpaired) electrons. The molecule has 1 aromatic heterocycles. The van der Waals surface area contributed by atoms with Gasteiger partial charge in [-0.2, -0.15) is 0 Å². The third-order valence-corrected chi connectivity index (χ3v) is 4.25. The monoisotopic (exact) mass is 324 g/mol. The van der Waals surface area contributed by atoms with E-state index in [2.05, 4.69) is 52.1 Å². The smallest absolute Gasteiger partial charge is 0.0701 e. The Bertz CT molecular complexity index is 322. The molecule has 1 aromatic rings. The first-order chi connectivity index (χ1) is 7.13. The molecular formula is C11H18BrClN2S. The Labute approximate surface area is 116 Å². The first kappa shape index (κ1) is 14.5. The van der Waals surface area contributed by atoms with Crippen LogP contribution in [0, 0.1) is 0 Å². The Balaban J connectivity index is 0.00000128. The summed E-state index contributed by atoms with van der Waals surface area (Å²) in [5.41, 5.74) is 0. The highest BCUT2D eigenvalue weighted by molar-refractivity contribution is 9.11. The standard InChI is InChI=1S/C11H17BrN2S.ClH/c1-8-5-14(6-9(2)13-8)7-10-3-4-11(12)15-10;/h3-4,8-9,13H,5-7H2,1-2H3;1H. The highest BCUT2D eigenvalue weighted by atomic mass is 79.9. The molecule has 0 bridgehead atoms. The summed E-state index contributed by atoms with van der Waals surface area (Å²) >= 11 is 5.35. The molecule has 2 unspecified atom stereocenters. The van der Waals surface area contributed by atoms with Crippen molar-refractivity contribution in [2.75, 3.05) is 13.1 Å². The van der Waals surface area contributed by atoms with Gasteiger partial charge >= 0.3 is 0 Å². The van der Waals surface area contributed by atoms with Crippen LogP contribution in [0.4, 0.5) is 0 Å². The zero-order valence-corrected chi connectivity index (χ0v) is 12.8. The van der Waals surface area contributed by atoms with Gasteiger partial charge in [-0.3, -0.25) is 4.90 Å². The number of hydrogen-bond donors (Lipinski definition) is 1. The molecule has 16 heavy (non-hydrogen) atoms. The second-order valence-electron chi connectivity index (χ2n) is 4.37. The van der Waals surface area contributed by atoms with Gasteiger partial charge in [0.05, 0.1) is 3.79 Å². The zero-order valence-electron chi connectivity index (χ0n) is 9.57. The normalized spacial score (nSPS) is 26.4. The average molecular weight is 326 g/mol. The highest BCUT2D eigenvalue weighted by Crippen LogP contribution is 2.23. The third-order valence-electron chi connectivity index (χ3n) is 2.64. The SMILES string of the molecule is CC1CN(Cc2ccc(Br)s2)CC(C)N1.Cl. The third kappa shape index (κ3) is 4.00. The van der Waals surface area contributed by atoms with Crippen LogP contribution in [0.3, 0.4) is 0 Å². The Morgan fingerprint density at radius 2 is 2.00 bits per heavy atom. The summed E-state index contributed by atoms with van der Waals surface area (Å²) in [4.78, 5) is 3.98. The van der Waals surface area contributed by atoms with Gasteiger partial charge in [0, 0.05) is 36.6 Å². The van der Waals surface area contributed by atoms with Crippen LogP contribution in [0.1, 0.15) is 18.7 Å². The molecule has 2 nitrogen and oxygen atoms in total. The van der Waals surface area contributed by atoms with Gasteiger partial charge in [-0.1, -0.05) is 0 Å². The molecule has 5 heteroatoms. The van der Waals surface area contributed by atoms with Crippen molar-refractivity contribution in [2.24, 2.45) is 0 Å². The van der Waals surface area contributed by atoms with E-state index in [1.807, 2.05) is 11.3 Å². The maximum Gasteiger partial charge on any atom is 0.0701 e. The number of hydrogen-bond acceptors (Lipinski definition) is 3. The lowest BCUT2D eigenvalue weighted by Gasteiger charge is -2.35. The molecule has 0 spiro atoms. The van der Waals surface area contributed by atoms with Gasteiger partial charge in [-0.15, -0.1) is 23.7 Å². The fourth-order valence-electron chi connectivity index (χ4n) is 2.23. The molecular weight excluding hydrogens is 308 g/mol. The van der Waals surface area contributed by atoms with Crippen molar-refractivity contribution in [3.63, 3.8) is 0 Å². The Morgan fingerprint density at radius 3 is 2.50 bits per heavy atom. The van der Waals surface area contributed by atoms with E-state index in [0.29, 0.717) is 12.1 Å². The lowest BCUT2D eigenvalue weighted by Crippen LogP contribution is -2.53. The van der Waals surface area contributed by atoms with Crippen molar-refractivity contribution in [1.82, 2.24) is 10.2 Å². The van der Waals surface area contributed by atoms with Gasteiger partial charge in [-0.25, -0.2) is 0 Å². The topological polar surface area (TPSA) is 15.3 Å². The van der Waals surface area contributed by atoms with E-state index >= 15 is 0 Å². The molecule has 2 heterocycles. The fraction of sp³-hybridized carbons (Fsp3) is 0.636. The second kappa shape index (κ2) is 6.36. The predicted molar refractivity (Wildman–Crippen MR) is 76.6 cm³/mol. The van der Waals surface area contributed by atoms with Crippen molar-refractivity contribution < 1.29 is 0 Å². The van der Waals surface area contributed by atoms with E-state index < -0.39 is 0 Å². The largest absolute Gasteiger partial charge is 0.309 e. The van der Waals surface area contributed by atoms with Crippen LogP contribution < -0.4 is 5.32 Å². The van der Waals surface area contributed by atoms with Crippen molar-refractivity contribution in [3.05, 3.63) is 20.8 Å². The number of piperazine rings is 1. The molecule has 1 fully saturated rings. The Kier molecular flexibility index (Phi) is 5.74. The minimum absolute atomic E-state index is 0. The molecule has 0 aliphatic carbocycles. The molecule has 2 rings (SSSR count). The number of rotatable bonds is 2. The summed E-state index contributed by atoms with van der Waals surface area (Å²) in [5, 5.41) is 3.55. The highest BCUT2D eigenvalue weighted by Gasteiger charge is 2.20. The van der Waals surface area contributed by atoms with Gasteiger partial charge in [0.25, 0.3) is 0 Å². The lowest BCUT2D eigenvalue weighted by atomic mass is 10.1. The lowest BCUT2D eigenvalue weighted by molar-refractivity contribution is 0.168. The summed E-state index contributed by atoms with van der Waals surface area (Å²) in [6.07, 6.45) is 0. The number of nitrogens with zero attached hydrogens (tertiary/aromatic N) is 1. The van der Waals surface area contributed by atoms with Crippen molar-refractivity contribution in [2.45, 2.75) is 32.5 Å². The summed E-state index contributed by atoms with van der Waals surface area (Å²) in [7, 11) is 0. The van der Waals surface area contributed by atoms with E-state index in [1.165, 1.54) is 8.66 Å². The van der Waals surface area contributed by atoms with Gasteiger partial charge in [-0.05, 0) is 41.9 Å². The van der Waals surface area contributed by atoms with Gasteiger partial charge in [0.1, 0.15) is 0 Å². The van der Waals surface area contributed by atoms with E-state index in [-0.39, 0.29) is 12.4 Å². The molecule has 1 aliphatic heterocycles. The van der Waals surface area contributed by atoms with Crippen LogP contribution in [-0.4, -0.2) is 30.1 Å². The van der Waals surface area contributed by atoms with E-state index in [4.69, 9.17) is 0 Å². The van der Waals surface area contributed by atoms with Crippen LogP contribution in [-0.2, 0) is 6.54 Å².